The fourth-order valence-electron chi connectivity index (χ4n) is 1.06. The first-order valence-corrected chi connectivity index (χ1v) is 5.58. The number of carboxylic acid groups (broad SMARTS) is 1. The number of amides is 1. The molecule has 0 heterocycles. The molecule has 1 amide bonds. The second-order valence-electron chi connectivity index (χ2n) is 3.24. The van der Waals surface area contributed by atoms with Crippen LogP contribution in [0.25, 0.3) is 0 Å². The van der Waals surface area contributed by atoms with Crippen LogP contribution >= 0.6 is 12.6 Å². The van der Waals surface area contributed by atoms with E-state index < -0.39 is 12.0 Å². The van der Waals surface area contributed by atoms with Crippen LogP contribution in [-0.4, -0.2) is 35.3 Å². The van der Waals surface area contributed by atoms with Crippen molar-refractivity contribution in [3.05, 3.63) is 0 Å². The average molecular weight is 234 g/mol. The van der Waals surface area contributed by atoms with Crippen LogP contribution < -0.4 is 11.1 Å². The lowest BCUT2D eigenvalue weighted by molar-refractivity contribution is -0.141. The Morgan fingerprint density at radius 3 is 2.47 bits per heavy atom. The van der Waals surface area contributed by atoms with Crippen molar-refractivity contribution >= 4 is 24.5 Å². The molecule has 0 aliphatic rings. The lowest BCUT2D eigenvalue weighted by Gasteiger charge is -2.11. The zero-order valence-corrected chi connectivity index (χ0v) is 9.50. The SMILES string of the molecule is NCCCCCC(=O)N[C@@H](CS)C(=O)O. The molecule has 0 aromatic heterocycles. The third kappa shape index (κ3) is 7.21. The van der Waals surface area contributed by atoms with Gasteiger partial charge in [-0.05, 0) is 19.4 Å². The molecule has 0 bridgehead atoms. The Morgan fingerprint density at radius 2 is 2.00 bits per heavy atom. The predicted molar refractivity (Wildman–Crippen MR) is 60.9 cm³/mol. The summed E-state index contributed by atoms with van der Waals surface area (Å²) < 4.78 is 0. The molecule has 0 spiro atoms. The smallest absolute Gasteiger partial charge is 0.327 e. The summed E-state index contributed by atoms with van der Waals surface area (Å²) in [7, 11) is 0. The van der Waals surface area contributed by atoms with Crippen molar-refractivity contribution in [1.82, 2.24) is 5.32 Å². The largest absolute Gasteiger partial charge is 0.480 e. The summed E-state index contributed by atoms with van der Waals surface area (Å²) in [5, 5.41) is 11.0. The molecule has 0 aromatic carbocycles. The Balaban J connectivity index is 3.67. The number of hydrogen-bond acceptors (Lipinski definition) is 4. The van der Waals surface area contributed by atoms with Crippen molar-refractivity contribution in [2.24, 2.45) is 5.73 Å². The van der Waals surface area contributed by atoms with Gasteiger partial charge in [0, 0.05) is 12.2 Å². The highest BCUT2D eigenvalue weighted by atomic mass is 32.1. The standard InChI is InChI=1S/C9H18N2O3S/c10-5-3-1-2-4-8(12)11-7(6-15)9(13)14/h7,15H,1-6,10H2,(H,11,12)(H,13,14)/t7-/m0/s1. The topological polar surface area (TPSA) is 92.4 Å². The highest BCUT2D eigenvalue weighted by molar-refractivity contribution is 7.80. The number of thiol groups is 1. The van der Waals surface area contributed by atoms with Crippen LogP contribution in [0.3, 0.4) is 0 Å². The number of aliphatic carboxylic acids is 1. The van der Waals surface area contributed by atoms with Gasteiger partial charge in [0.15, 0.2) is 0 Å². The number of unbranched alkanes of at least 4 members (excludes halogenated alkanes) is 2. The van der Waals surface area contributed by atoms with Gasteiger partial charge >= 0.3 is 5.97 Å². The second-order valence-corrected chi connectivity index (χ2v) is 3.61. The van der Waals surface area contributed by atoms with Crippen LogP contribution in [0.2, 0.25) is 0 Å². The second kappa shape index (κ2) is 8.55. The molecular formula is C9H18N2O3S. The molecule has 15 heavy (non-hydrogen) atoms. The minimum atomic E-state index is -1.06. The first-order chi connectivity index (χ1) is 7.11. The summed E-state index contributed by atoms with van der Waals surface area (Å²) in [6.07, 6.45) is 2.87. The molecule has 0 fully saturated rings. The number of carbonyl (C=O) groups is 2. The van der Waals surface area contributed by atoms with Crippen molar-refractivity contribution in [1.29, 1.82) is 0 Å². The summed E-state index contributed by atoms with van der Waals surface area (Å²) in [4.78, 5) is 21.8. The summed E-state index contributed by atoms with van der Waals surface area (Å²) >= 11 is 3.84. The highest BCUT2D eigenvalue weighted by Crippen LogP contribution is 1.99. The van der Waals surface area contributed by atoms with E-state index in [9.17, 15) is 9.59 Å². The number of rotatable bonds is 8. The van der Waals surface area contributed by atoms with Crippen molar-refractivity contribution in [2.45, 2.75) is 31.7 Å². The third-order valence-corrected chi connectivity index (χ3v) is 2.29. The molecule has 88 valence electrons. The van der Waals surface area contributed by atoms with Crippen molar-refractivity contribution in [3.8, 4) is 0 Å². The van der Waals surface area contributed by atoms with Gasteiger partial charge in [-0.15, -0.1) is 0 Å². The van der Waals surface area contributed by atoms with Crippen molar-refractivity contribution in [2.75, 3.05) is 12.3 Å². The summed E-state index contributed by atoms with van der Waals surface area (Å²) in [6, 6.07) is -0.893. The van der Waals surface area contributed by atoms with E-state index in [2.05, 4.69) is 17.9 Å². The Hall–Kier alpha value is -0.750. The number of nitrogens with two attached hydrogens (primary N) is 1. The van der Waals surface area contributed by atoms with Crippen molar-refractivity contribution < 1.29 is 14.7 Å². The van der Waals surface area contributed by atoms with Gasteiger partial charge in [0.25, 0.3) is 0 Å². The molecule has 1 atom stereocenters. The van der Waals surface area contributed by atoms with Gasteiger partial charge in [-0.25, -0.2) is 4.79 Å². The maximum absolute atomic E-state index is 11.2. The number of carboxylic acids is 1. The maximum Gasteiger partial charge on any atom is 0.327 e. The van der Waals surface area contributed by atoms with Crippen LogP contribution in [0.1, 0.15) is 25.7 Å². The lowest BCUT2D eigenvalue weighted by atomic mass is 10.2. The fraction of sp³-hybridized carbons (Fsp3) is 0.778. The average Bonchev–Trinajstić information content (AvgIpc) is 2.20. The molecule has 0 radical (unpaired) electrons. The van der Waals surface area contributed by atoms with E-state index in [1.54, 1.807) is 0 Å². The highest BCUT2D eigenvalue weighted by Gasteiger charge is 2.17. The van der Waals surface area contributed by atoms with E-state index in [4.69, 9.17) is 10.8 Å². The molecule has 0 rings (SSSR count). The molecule has 6 heteroatoms. The third-order valence-electron chi connectivity index (χ3n) is 1.92. The zero-order chi connectivity index (χ0) is 11.7. The van der Waals surface area contributed by atoms with Gasteiger partial charge in [-0.3, -0.25) is 4.79 Å². The Kier molecular flexibility index (Phi) is 8.12. The van der Waals surface area contributed by atoms with Crippen LogP contribution in [0, 0.1) is 0 Å². The van der Waals surface area contributed by atoms with Crippen molar-refractivity contribution in [3.63, 3.8) is 0 Å². The molecule has 0 saturated heterocycles. The quantitative estimate of drug-likeness (QED) is 0.351. The summed E-state index contributed by atoms with van der Waals surface area (Å²) in [5.41, 5.74) is 5.30. The first-order valence-electron chi connectivity index (χ1n) is 4.95. The molecule has 0 unspecified atom stereocenters. The van der Waals surface area contributed by atoms with E-state index in [1.807, 2.05) is 0 Å². The first kappa shape index (κ1) is 14.2. The molecule has 0 aromatic rings. The lowest BCUT2D eigenvalue weighted by Crippen LogP contribution is -2.42. The maximum atomic E-state index is 11.2. The molecule has 4 N–H and O–H groups in total. The molecular weight excluding hydrogens is 216 g/mol. The fourth-order valence-corrected chi connectivity index (χ4v) is 1.31. The van der Waals surface area contributed by atoms with Gasteiger partial charge in [0.1, 0.15) is 6.04 Å². The molecule has 0 aliphatic carbocycles. The van der Waals surface area contributed by atoms with Crippen LogP contribution in [0.15, 0.2) is 0 Å². The van der Waals surface area contributed by atoms with Crippen LogP contribution in [0.4, 0.5) is 0 Å². The van der Waals surface area contributed by atoms with E-state index in [0.29, 0.717) is 13.0 Å². The van der Waals surface area contributed by atoms with Gasteiger partial charge in [-0.1, -0.05) is 6.42 Å². The monoisotopic (exact) mass is 234 g/mol. The van der Waals surface area contributed by atoms with Gasteiger partial charge < -0.3 is 16.2 Å². The number of nitrogens with one attached hydrogen (secondary N) is 1. The van der Waals surface area contributed by atoms with Gasteiger partial charge in [-0.2, -0.15) is 12.6 Å². The van der Waals surface area contributed by atoms with E-state index in [1.165, 1.54) is 0 Å². The normalized spacial score (nSPS) is 12.1. The number of carbonyl (C=O) groups excluding carboxylic acids is 1. The minimum Gasteiger partial charge on any atom is -0.480 e. The van der Waals surface area contributed by atoms with E-state index in [-0.39, 0.29) is 11.7 Å². The van der Waals surface area contributed by atoms with Crippen LogP contribution in [0.5, 0.6) is 0 Å². The summed E-state index contributed by atoms with van der Waals surface area (Å²) in [5.74, 6) is -1.20. The Morgan fingerprint density at radius 1 is 1.33 bits per heavy atom. The van der Waals surface area contributed by atoms with E-state index >= 15 is 0 Å². The van der Waals surface area contributed by atoms with Gasteiger partial charge in [0.05, 0.1) is 0 Å². The zero-order valence-electron chi connectivity index (χ0n) is 8.61. The number of hydrogen-bond donors (Lipinski definition) is 4. The predicted octanol–water partition coefficient (Wildman–Crippen LogP) is 0.00470. The summed E-state index contributed by atoms with van der Waals surface area (Å²) in [6.45, 7) is 0.621. The molecule has 5 nitrogen and oxygen atoms in total. The molecule has 0 saturated carbocycles. The minimum absolute atomic E-state index is 0.101. The Bertz CT molecular complexity index is 212. The molecule has 0 aliphatic heterocycles. The Labute approximate surface area is 94.8 Å². The van der Waals surface area contributed by atoms with Crippen LogP contribution in [-0.2, 0) is 9.59 Å². The van der Waals surface area contributed by atoms with Gasteiger partial charge in [0.2, 0.25) is 5.91 Å². The van der Waals surface area contributed by atoms with E-state index in [0.717, 1.165) is 19.3 Å².